The van der Waals surface area contributed by atoms with E-state index in [-0.39, 0.29) is 6.54 Å². The van der Waals surface area contributed by atoms with E-state index in [2.05, 4.69) is 10.3 Å². The van der Waals surface area contributed by atoms with Crippen LogP contribution < -0.4 is 0 Å². The first-order valence-electron chi connectivity index (χ1n) is 3.63. The van der Waals surface area contributed by atoms with Gasteiger partial charge in [0.1, 0.15) is 0 Å². The lowest BCUT2D eigenvalue weighted by atomic mass is 10.4. The number of alkyl halides is 3. The van der Waals surface area contributed by atoms with Crippen LogP contribution in [-0.2, 0) is 12.7 Å². The van der Waals surface area contributed by atoms with Gasteiger partial charge in [-0.1, -0.05) is 12.1 Å². The third kappa shape index (κ3) is 1.96. The highest BCUT2D eigenvalue weighted by Crippen LogP contribution is 2.28. The van der Waals surface area contributed by atoms with E-state index in [1.807, 2.05) is 0 Å². The molecule has 1 aromatic rings. The number of rotatable bonds is 2. The molecule has 1 rings (SSSR count). The Balaban J connectivity index is 2.99. The molecule has 0 radical (unpaired) electrons. The molecule has 1 heterocycles. The van der Waals surface area contributed by atoms with Crippen molar-refractivity contribution in [3.05, 3.63) is 11.6 Å². The Hall–Kier alpha value is -1.14. The minimum Gasteiger partial charge on any atom is -0.219 e. The van der Waals surface area contributed by atoms with Gasteiger partial charge in [-0.15, -0.1) is 5.10 Å². The minimum absolute atomic E-state index is 0.0922. The standard InChI is InChI=1S/C6H7F4N3/c1-2-3-13-5(7)4(11-12-13)6(8,9)10/h2-3H2,1H3. The lowest BCUT2D eigenvalue weighted by Crippen LogP contribution is -2.10. The third-order valence-electron chi connectivity index (χ3n) is 1.38. The van der Waals surface area contributed by atoms with Gasteiger partial charge in [-0.2, -0.15) is 17.6 Å². The second-order valence-corrected chi connectivity index (χ2v) is 2.45. The van der Waals surface area contributed by atoms with Crippen molar-refractivity contribution in [2.45, 2.75) is 26.1 Å². The second-order valence-electron chi connectivity index (χ2n) is 2.45. The van der Waals surface area contributed by atoms with Crippen molar-refractivity contribution >= 4 is 0 Å². The highest BCUT2D eigenvalue weighted by Gasteiger charge is 2.39. The van der Waals surface area contributed by atoms with Crippen molar-refractivity contribution in [2.75, 3.05) is 0 Å². The molecular weight excluding hydrogens is 190 g/mol. The molecular formula is C6H7F4N3. The van der Waals surface area contributed by atoms with Gasteiger partial charge in [0, 0.05) is 6.54 Å². The van der Waals surface area contributed by atoms with Crippen LogP contribution >= 0.6 is 0 Å². The summed E-state index contributed by atoms with van der Waals surface area (Å²) < 4.78 is 49.3. The van der Waals surface area contributed by atoms with Gasteiger partial charge in [0.15, 0.2) is 0 Å². The molecule has 0 aliphatic heterocycles. The van der Waals surface area contributed by atoms with Gasteiger partial charge in [-0.3, -0.25) is 0 Å². The Bertz CT molecular complexity index is 291. The molecule has 0 saturated heterocycles. The first-order chi connectivity index (χ1) is 5.96. The molecule has 74 valence electrons. The first-order valence-corrected chi connectivity index (χ1v) is 3.63. The van der Waals surface area contributed by atoms with E-state index < -0.39 is 17.8 Å². The molecule has 0 aliphatic carbocycles. The smallest absolute Gasteiger partial charge is 0.219 e. The van der Waals surface area contributed by atoms with Crippen LogP contribution in [0.4, 0.5) is 17.6 Å². The van der Waals surface area contributed by atoms with Crippen LogP contribution in [0, 0.1) is 5.95 Å². The summed E-state index contributed by atoms with van der Waals surface area (Å²) >= 11 is 0. The lowest BCUT2D eigenvalue weighted by molar-refractivity contribution is -0.143. The van der Waals surface area contributed by atoms with E-state index in [0.29, 0.717) is 11.1 Å². The Morgan fingerprint density at radius 2 is 2.00 bits per heavy atom. The van der Waals surface area contributed by atoms with E-state index in [1.54, 1.807) is 6.92 Å². The monoisotopic (exact) mass is 197 g/mol. The molecule has 3 nitrogen and oxygen atoms in total. The van der Waals surface area contributed by atoms with Crippen LogP contribution in [0.2, 0.25) is 0 Å². The third-order valence-corrected chi connectivity index (χ3v) is 1.38. The van der Waals surface area contributed by atoms with Gasteiger partial charge in [0.05, 0.1) is 0 Å². The van der Waals surface area contributed by atoms with Crippen molar-refractivity contribution < 1.29 is 17.6 Å². The number of halogens is 4. The van der Waals surface area contributed by atoms with Gasteiger partial charge in [0.2, 0.25) is 11.6 Å². The van der Waals surface area contributed by atoms with Crippen molar-refractivity contribution in [1.29, 1.82) is 0 Å². The van der Waals surface area contributed by atoms with E-state index in [1.165, 1.54) is 0 Å². The molecule has 0 amide bonds. The maximum Gasteiger partial charge on any atom is 0.439 e. The fourth-order valence-corrected chi connectivity index (χ4v) is 0.830. The molecule has 0 bridgehead atoms. The number of hydrogen-bond acceptors (Lipinski definition) is 2. The Morgan fingerprint density at radius 3 is 2.38 bits per heavy atom. The SMILES string of the molecule is CCCn1nnc(C(F)(F)F)c1F. The summed E-state index contributed by atoms with van der Waals surface area (Å²) in [6.07, 6.45) is -4.27. The summed E-state index contributed by atoms with van der Waals surface area (Å²) in [6, 6.07) is 0. The number of aromatic nitrogens is 3. The van der Waals surface area contributed by atoms with Gasteiger partial charge < -0.3 is 0 Å². The van der Waals surface area contributed by atoms with E-state index in [4.69, 9.17) is 0 Å². The average molecular weight is 197 g/mol. The molecule has 13 heavy (non-hydrogen) atoms. The zero-order valence-corrected chi connectivity index (χ0v) is 6.77. The van der Waals surface area contributed by atoms with Crippen LogP contribution in [-0.4, -0.2) is 15.0 Å². The van der Waals surface area contributed by atoms with E-state index in [0.717, 1.165) is 0 Å². The van der Waals surface area contributed by atoms with Crippen LogP contribution in [0.3, 0.4) is 0 Å². The summed E-state index contributed by atoms with van der Waals surface area (Å²) in [5.41, 5.74) is -1.55. The summed E-state index contributed by atoms with van der Waals surface area (Å²) in [5, 5.41) is 5.76. The summed E-state index contributed by atoms with van der Waals surface area (Å²) in [5.74, 6) is -1.42. The van der Waals surface area contributed by atoms with Gasteiger partial charge in [0.25, 0.3) is 0 Å². The molecule has 0 unspecified atom stereocenters. The molecule has 0 aliphatic rings. The lowest BCUT2D eigenvalue weighted by Gasteiger charge is -2.00. The zero-order valence-electron chi connectivity index (χ0n) is 6.77. The number of aryl methyl sites for hydroxylation is 1. The topological polar surface area (TPSA) is 30.7 Å². The van der Waals surface area contributed by atoms with E-state index in [9.17, 15) is 17.6 Å². The van der Waals surface area contributed by atoms with Crippen molar-refractivity contribution in [3.63, 3.8) is 0 Å². The molecule has 0 fully saturated rings. The average Bonchev–Trinajstić information content (AvgIpc) is 2.32. The maximum atomic E-state index is 12.8. The molecule has 1 aromatic heterocycles. The highest BCUT2D eigenvalue weighted by molar-refractivity contribution is 5.00. The Labute approximate surface area is 71.3 Å². The molecule has 0 saturated carbocycles. The predicted molar refractivity (Wildman–Crippen MR) is 35.3 cm³/mol. The molecule has 0 spiro atoms. The van der Waals surface area contributed by atoms with Gasteiger partial charge >= 0.3 is 6.18 Å². The molecule has 0 atom stereocenters. The van der Waals surface area contributed by atoms with E-state index >= 15 is 0 Å². The highest BCUT2D eigenvalue weighted by atomic mass is 19.4. The van der Waals surface area contributed by atoms with Gasteiger partial charge in [-0.05, 0) is 6.42 Å². The van der Waals surface area contributed by atoms with Crippen LogP contribution in [0.25, 0.3) is 0 Å². The summed E-state index contributed by atoms with van der Waals surface area (Å²) in [7, 11) is 0. The Morgan fingerprint density at radius 1 is 1.38 bits per heavy atom. The molecule has 7 heteroatoms. The first kappa shape index (κ1) is 9.94. The van der Waals surface area contributed by atoms with Crippen LogP contribution in [0.15, 0.2) is 0 Å². The maximum absolute atomic E-state index is 12.8. The fourth-order valence-electron chi connectivity index (χ4n) is 0.830. The zero-order chi connectivity index (χ0) is 10.1. The summed E-state index contributed by atoms with van der Waals surface area (Å²) in [4.78, 5) is 0. The Kier molecular flexibility index (Phi) is 2.53. The quantitative estimate of drug-likeness (QED) is 0.677. The largest absolute Gasteiger partial charge is 0.439 e. The summed E-state index contributed by atoms with van der Waals surface area (Å²) in [6.45, 7) is 1.79. The number of hydrogen-bond donors (Lipinski definition) is 0. The minimum atomic E-state index is -4.77. The van der Waals surface area contributed by atoms with Crippen LogP contribution in [0.5, 0.6) is 0 Å². The normalized spacial score (nSPS) is 12.1. The number of nitrogens with zero attached hydrogens (tertiary/aromatic N) is 3. The van der Waals surface area contributed by atoms with Crippen molar-refractivity contribution in [1.82, 2.24) is 15.0 Å². The molecule has 0 N–H and O–H groups in total. The van der Waals surface area contributed by atoms with Gasteiger partial charge in [-0.25, -0.2) is 4.68 Å². The predicted octanol–water partition coefficient (Wildman–Crippen LogP) is 1.85. The van der Waals surface area contributed by atoms with Crippen molar-refractivity contribution in [2.24, 2.45) is 0 Å². The van der Waals surface area contributed by atoms with Crippen LogP contribution in [0.1, 0.15) is 19.0 Å². The second kappa shape index (κ2) is 3.31. The van der Waals surface area contributed by atoms with Crippen molar-refractivity contribution in [3.8, 4) is 0 Å². The fraction of sp³-hybridized carbons (Fsp3) is 0.667. The molecule has 0 aromatic carbocycles.